The van der Waals surface area contributed by atoms with E-state index < -0.39 is 0 Å². The van der Waals surface area contributed by atoms with Gasteiger partial charge in [0.25, 0.3) is 0 Å². The van der Waals surface area contributed by atoms with Crippen LogP contribution in [-0.2, 0) is 13.1 Å². The maximum atomic E-state index is 4.27. The smallest absolute Gasteiger partial charge is 0.191 e. The Kier molecular flexibility index (Phi) is 5.22. The van der Waals surface area contributed by atoms with Crippen molar-refractivity contribution in [1.29, 1.82) is 0 Å². The number of nitrogens with zero attached hydrogens (tertiary/aromatic N) is 3. The normalized spacial score (nSPS) is 11.5. The first-order valence-corrected chi connectivity index (χ1v) is 8.51. The number of nitrogens with one attached hydrogen (secondary N) is 3. The Balaban J connectivity index is 1.56. The Morgan fingerprint density at radius 1 is 1.21 bits per heavy atom. The van der Waals surface area contributed by atoms with Crippen molar-refractivity contribution < 1.29 is 0 Å². The van der Waals surface area contributed by atoms with Crippen molar-refractivity contribution >= 4 is 17.3 Å². The quantitative estimate of drug-likeness (QED) is 0.493. The molecule has 124 valence electrons. The summed E-state index contributed by atoms with van der Waals surface area (Å²) in [4.78, 5) is 11.1. The molecule has 0 saturated carbocycles. The number of aromatic nitrogens is 3. The second-order valence-corrected chi connectivity index (χ2v) is 6.70. The standard InChI is InChI=1S/C17H20N6S/c1-12-6-7-15(24-12)10-20-17(18-2)19-9-13-4-3-5-14(8-13)16-21-11-22-23-16/h3-8,11H,9-10H2,1-2H3,(H2,18,19,20)(H,21,22,23). The first-order chi connectivity index (χ1) is 11.7. The second kappa shape index (κ2) is 7.74. The van der Waals surface area contributed by atoms with Crippen LogP contribution >= 0.6 is 11.3 Å². The maximum Gasteiger partial charge on any atom is 0.191 e. The number of H-pyrrole nitrogens is 1. The monoisotopic (exact) mass is 340 g/mol. The van der Waals surface area contributed by atoms with E-state index in [0.29, 0.717) is 6.54 Å². The molecular weight excluding hydrogens is 320 g/mol. The van der Waals surface area contributed by atoms with Crippen molar-refractivity contribution in [2.24, 2.45) is 4.99 Å². The highest BCUT2D eigenvalue weighted by Crippen LogP contribution is 2.16. The number of hydrogen-bond acceptors (Lipinski definition) is 4. The summed E-state index contributed by atoms with van der Waals surface area (Å²) >= 11 is 1.79. The number of guanidine groups is 1. The van der Waals surface area contributed by atoms with Crippen LogP contribution < -0.4 is 10.6 Å². The minimum absolute atomic E-state index is 0.686. The zero-order valence-corrected chi connectivity index (χ0v) is 14.5. The van der Waals surface area contributed by atoms with Crippen LogP contribution in [0, 0.1) is 6.92 Å². The highest BCUT2D eigenvalue weighted by Gasteiger charge is 2.04. The number of aryl methyl sites for hydroxylation is 1. The van der Waals surface area contributed by atoms with Gasteiger partial charge in [0.1, 0.15) is 6.33 Å². The highest BCUT2D eigenvalue weighted by molar-refractivity contribution is 7.11. The molecule has 6 nitrogen and oxygen atoms in total. The van der Waals surface area contributed by atoms with Crippen LogP contribution in [0.5, 0.6) is 0 Å². The van der Waals surface area contributed by atoms with Gasteiger partial charge in [0.2, 0.25) is 0 Å². The molecule has 0 spiro atoms. The fraction of sp³-hybridized carbons (Fsp3) is 0.235. The van der Waals surface area contributed by atoms with Gasteiger partial charge in [-0.25, -0.2) is 4.98 Å². The average molecular weight is 340 g/mol. The van der Waals surface area contributed by atoms with Crippen LogP contribution in [0.3, 0.4) is 0 Å². The number of hydrogen-bond donors (Lipinski definition) is 3. The van der Waals surface area contributed by atoms with Crippen molar-refractivity contribution in [2.45, 2.75) is 20.0 Å². The summed E-state index contributed by atoms with van der Waals surface area (Å²) in [7, 11) is 1.78. The summed E-state index contributed by atoms with van der Waals surface area (Å²) in [5, 5.41) is 13.4. The van der Waals surface area contributed by atoms with Crippen LogP contribution in [0.1, 0.15) is 15.3 Å². The fourth-order valence-corrected chi connectivity index (χ4v) is 3.16. The van der Waals surface area contributed by atoms with E-state index in [0.717, 1.165) is 29.5 Å². The third-order valence-electron chi connectivity index (χ3n) is 3.53. The molecule has 7 heteroatoms. The molecule has 0 amide bonds. The van der Waals surface area contributed by atoms with Gasteiger partial charge in [-0.05, 0) is 30.7 Å². The van der Waals surface area contributed by atoms with Gasteiger partial charge in [-0.1, -0.05) is 18.2 Å². The van der Waals surface area contributed by atoms with E-state index in [2.05, 4.69) is 62.0 Å². The predicted molar refractivity (Wildman–Crippen MR) is 97.9 cm³/mol. The molecular formula is C17H20N6S. The Hall–Kier alpha value is -2.67. The third kappa shape index (κ3) is 4.20. The van der Waals surface area contributed by atoms with E-state index in [4.69, 9.17) is 0 Å². The minimum atomic E-state index is 0.686. The molecule has 1 aromatic carbocycles. The summed E-state index contributed by atoms with van der Waals surface area (Å²) in [5.41, 5.74) is 2.17. The molecule has 0 aliphatic rings. The summed E-state index contributed by atoms with van der Waals surface area (Å²) < 4.78 is 0. The molecule has 0 aliphatic heterocycles. The molecule has 0 unspecified atom stereocenters. The van der Waals surface area contributed by atoms with Crippen LogP contribution in [0.15, 0.2) is 47.7 Å². The topological polar surface area (TPSA) is 78.0 Å². The van der Waals surface area contributed by atoms with Gasteiger partial charge in [-0.15, -0.1) is 11.3 Å². The summed E-state index contributed by atoms with van der Waals surface area (Å²) in [6, 6.07) is 12.5. The first-order valence-electron chi connectivity index (χ1n) is 7.69. The van der Waals surface area contributed by atoms with Gasteiger partial charge in [-0.3, -0.25) is 10.1 Å². The lowest BCUT2D eigenvalue weighted by Gasteiger charge is -2.11. The Labute approximate surface area is 145 Å². The summed E-state index contributed by atoms with van der Waals surface area (Å²) in [6.07, 6.45) is 1.51. The van der Waals surface area contributed by atoms with Crippen molar-refractivity contribution in [3.05, 3.63) is 58.0 Å². The number of benzene rings is 1. The van der Waals surface area contributed by atoms with Crippen LogP contribution in [-0.4, -0.2) is 28.2 Å². The van der Waals surface area contributed by atoms with Gasteiger partial charge < -0.3 is 10.6 Å². The Morgan fingerprint density at radius 2 is 2.08 bits per heavy atom. The van der Waals surface area contributed by atoms with E-state index in [1.807, 2.05) is 12.1 Å². The highest BCUT2D eigenvalue weighted by atomic mass is 32.1. The SMILES string of the molecule is CN=C(NCc1cccc(-c2ncn[nH]2)c1)NCc1ccc(C)s1. The Morgan fingerprint density at radius 3 is 2.79 bits per heavy atom. The number of aliphatic imine (C=N–C) groups is 1. The van der Waals surface area contributed by atoms with Gasteiger partial charge in [-0.2, -0.15) is 5.10 Å². The van der Waals surface area contributed by atoms with Crippen LogP contribution in [0.25, 0.3) is 11.4 Å². The molecule has 3 rings (SSSR count). The van der Waals surface area contributed by atoms with E-state index in [1.165, 1.54) is 16.1 Å². The fourth-order valence-electron chi connectivity index (χ4n) is 2.33. The van der Waals surface area contributed by atoms with Crippen molar-refractivity contribution in [3.8, 4) is 11.4 Å². The van der Waals surface area contributed by atoms with Crippen molar-refractivity contribution in [2.75, 3.05) is 7.05 Å². The van der Waals surface area contributed by atoms with Crippen LogP contribution in [0.4, 0.5) is 0 Å². The Bertz CT molecular complexity index is 806. The average Bonchev–Trinajstić information content (AvgIpc) is 3.27. The molecule has 0 fully saturated rings. The van der Waals surface area contributed by atoms with Gasteiger partial charge >= 0.3 is 0 Å². The van der Waals surface area contributed by atoms with E-state index >= 15 is 0 Å². The maximum absolute atomic E-state index is 4.27. The van der Waals surface area contributed by atoms with E-state index in [-0.39, 0.29) is 0 Å². The zero-order chi connectivity index (χ0) is 16.8. The minimum Gasteiger partial charge on any atom is -0.352 e. The molecule has 0 bridgehead atoms. The molecule has 0 radical (unpaired) electrons. The van der Waals surface area contributed by atoms with Crippen LogP contribution in [0.2, 0.25) is 0 Å². The zero-order valence-electron chi connectivity index (χ0n) is 13.7. The molecule has 0 atom stereocenters. The lowest BCUT2D eigenvalue weighted by Crippen LogP contribution is -2.36. The molecule has 3 N–H and O–H groups in total. The molecule has 2 aromatic heterocycles. The number of thiophene rings is 1. The number of rotatable bonds is 5. The molecule has 3 aromatic rings. The van der Waals surface area contributed by atoms with Crippen molar-refractivity contribution in [3.63, 3.8) is 0 Å². The van der Waals surface area contributed by atoms with E-state index in [1.54, 1.807) is 18.4 Å². The summed E-state index contributed by atoms with van der Waals surface area (Å²) in [6.45, 7) is 3.57. The third-order valence-corrected chi connectivity index (χ3v) is 4.53. The lowest BCUT2D eigenvalue weighted by molar-refractivity contribution is 0.815. The summed E-state index contributed by atoms with van der Waals surface area (Å²) in [5.74, 6) is 1.55. The molecule has 0 aliphatic carbocycles. The number of aromatic amines is 1. The van der Waals surface area contributed by atoms with Gasteiger partial charge in [0.05, 0.1) is 6.54 Å². The van der Waals surface area contributed by atoms with E-state index in [9.17, 15) is 0 Å². The first kappa shape index (κ1) is 16.2. The largest absolute Gasteiger partial charge is 0.352 e. The predicted octanol–water partition coefficient (Wildman–Crippen LogP) is 2.71. The molecule has 2 heterocycles. The second-order valence-electron chi connectivity index (χ2n) is 5.33. The van der Waals surface area contributed by atoms with Crippen molar-refractivity contribution in [1.82, 2.24) is 25.8 Å². The lowest BCUT2D eigenvalue weighted by atomic mass is 10.1. The molecule has 0 saturated heterocycles. The van der Waals surface area contributed by atoms with Gasteiger partial charge in [0, 0.05) is 28.9 Å². The molecule has 24 heavy (non-hydrogen) atoms. The van der Waals surface area contributed by atoms with Gasteiger partial charge in [0.15, 0.2) is 11.8 Å².